The summed E-state index contributed by atoms with van der Waals surface area (Å²) in [6.07, 6.45) is 4.82. The number of hydrogen-bond acceptors (Lipinski definition) is 4. The number of anilines is 1. The van der Waals surface area contributed by atoms with Crippen molar-refractivity contribution in [3.63, 3.8) is 0 Å². The maximum atomic E-state index is 6.11. The zero-order valence-electron chi connectivity index (χ0n) is 9.78. The minimum absolute atomic E-state index is 0.189. The van der Waals surface area contributed by atoms with Crippen LogP contribution < -0.4 is 10.6 Å². The first-order valence-corrected chi connectivity index (χ1v) is 7.06. The van der Waals surface area contributed by atoms with E-state index in [1.54, 1.807) is 0 Å². The van der Waals surface area contributed by atoms with Crippen LogP contribution in [-0.4, -0.2) is 18.1 Å². The van der Waals surface area contributed by atoms with Crippen molar-refractivity contribution in [2.24, 2.45) is 11.7 Å². The van der Waals surface area contributed by atoms with Gasteiger partial charge in [-0.2, -0.15) is 0 Å². The van der Waals surface area contributed by atoms with Gasteiger partial charge in [0, 0.05) is 24.0 Å². The number of fused-ring (bicyclic) bond motifs is 1. The van der Waals surface area contributed by atoms with Gasteiger partial charge in [-0.3, -0.25) is 0 Å². The van der Waals surface area contributed by atoms with E-state index in [-0.39, 0.29) is 6.04 Å². The van der Waals surface area contributed by atoms with Crippen LogP contribution >= 0.6 is 11.3 Å². The van der Waals surface area contributed by atoms with Gasteiger partial charge in [-0.1, -0.05) is 6.92 Å². The summed E-state index contributed by atoms with van der Waals surface area (Å²) in [5, 5.41) is 1.21. The second-order valence-electron chi connectivity index (χ2n) is 5.14. The van der Waals surface area contributed by atoms with Crippen molar-refractivity contribution in [3.8, 4) is 0 Å². The maximum absolute atomic E-state index is 6.11. The summed E-state index contributed by atoms with van der Waals surface area (Å²) in [5.41, 5.74) is 7.30. The van der Waals surface area contributed by atoms with E-state index < -0.39 is 0 Å². The Labute approximate surface area is 101 Å². The van der Waals surface area contributed by atoms with Crippen LogP contribution in [0.25, 0.3) is 0 Å². The lowest BCUT2D eigenvalue weighted by atomic mass is 9.99. The Morgan fingerprint density at radius 3 is 3.00 bits per heavy atom. The smallest absolute Gasteiger partial charge is 0.185 e. The lowest BCUT2D eigenvalue weighted by Crippen LogP contribution is -2.20. The molecule has 2 atom stereocenters. The second kappa shape index (κ2) is 4.00. The molecule has 1 saturated heterocycles. The molecule has 0 aromatic carbocycles. The molecule has 1 aliphatic heterocycles. The van der Waals surface area contributed by atoms with Crippen LogP contribution in [0.5, 0.6) is 0 Å². The summed E-state index contributed by atoms with van der Waals surface area (Å²) in [6.45, 7) is 4.66. The van der Waals surface area contributed by atoms with E-state index in [0.29, 0.717) is 0 Å². The van der Waals surface area contributed by atoms with E-state index in [9.17, 15) is 0 Å². The third-order valence-electron chi connectivity index (χ3n) is 3.68. The average Bonchev–Trinajstić information content (AvgIpc) is 2.84. The van der Waals surface area contributed by atoms with E-state index in [1.165, 1.54) is 48.1 Å². The summed E-state index contributed by atoms with van der Waals surface area (Å²) in [6, 6.07) is 0.189. The Kier molecular flexibility index (Phi) is 2.64. The molecule has 0 bridgehead atoms. The molecule has 2 N–H and O–H groups in total. The van der Waals surface area contributed by atoms with Gasteiger partial charge < -0.3 is 10.6 Å². The monoisotopic (exact) mass is 237 g/mol. The van der Waals surface area contributed by atoms with Crippen LogP contribution in [0.15, 0.2) is 0 Å². The van der Waals surface area contributed by atoms with Crippen molar-refractivity contribution >= 4 is 16.5 Å². The Morgan fingerprint density at radius 2 is 2.31 bits per heavy atom. The maximum Gasteiger partial charge on any atom is 0.185 e. The molecule has 88 valence electrons. The molecule has 1 fully saturated rings. The minimum atomic E-state index is 0.189. The molecule has 0 radical (unpaired) electrons. The lowest BCUT2D eigenvalue weighted by Gasteiger charge is -2.16. The van der Waals surface area contributed by atoms with Gasteiger partial charge in [-0.25, -0.2) is 4.98 Å². The Morgan fingerprint density at radius 1 is 1.44 bits per heavy atom. The summed E-state index contributed by atoms with van der Waals surface area (Å²) >= 11 is 1.87. The van der Waals surface area contributed by atoms with Gasteiger partial charge in [0.25, 0.3) is 0 Å². The van der Waals surface area contributed by atoms with Crippen molar-refractivity contribution in [1.29, 1.82) is 0 Å². The molecule has 0 saturated carbocycles. The molecule has 4 heteroatoms. The fourth-order valence-electron chi connectivity index (χ4n) is 2.68. The van der Waals surface area contributed by atoms with Crippen molar-refractivity contribution in [2.75, 3.05) is 18.0 Å². The van der Waals surface area contributed by atoms with Crippen LogP contribution in [0.3, 0.4) is 0 Å². The zero-order valence-corrected chi connectivity index (χ0v) is 10.6. The Bertz CT molecular complexity index is 388. The normalized spacial score (nSPS) is 29.5. The van der Waals surface area contributed by atoms with Gasteiger partial charge in [0.2, 0.25) is 0 Å². The standard InChI is InChI=1S/C12H19N3S/c1-8-5-6-15(7-8)12-14-11-9(13)3-2-4-10(11)16-12/h8-9H,2-7,13H2,1H3. The van der Waals surface area contributed by atoms with Gasteiger partial charge in [0.1, 0.15) is 0 Å². The topological polar surface area (TPSA) is 42.2 Å². The molecule has 2 unspecified atom stereocenters. The minimum Gasteiger partial charge on any atom is -0.348 e. The zero-order chi connectivity index (χ0) is 11.1. The summed E-state index contributed by atoms with van der Waals surface area (Å²) in [5.74, 6) is 0.814. The Hall–Kier alpha value is -0.610. The summed E-state index contributed by atoms with van der Waals surface area (Å²) in [7, 11) is 0. The molecular weight excluding hydrogens is 218 g/mol. The third kappa shape index (κ3) is 1.74. The summed E-state index contributed by atoms with van der Waals surface area (Å²) < 4.78 is 0. The van der Waals surface area contributed by atoms with Crippen LogP contribution in [0, 0.1) is 5.92 Å². The van der Waals surface area contributed by atoms with Crippen LogP contribution in [0.4, 0.5) is 5.13 Å². The molecule has 3 nitrogen and oxygen atoms in total. The molecule has 2 heterocycles. The largest absolute Gasteiger partial charge is 0.348 e. The quantitative estimate of drug-likeness (QED) is 0.815. The van der Waals surface area contributed by atoms with E-state index in [4.69, 9.17) is 10.7 Å². The highest BCUT2D eigenvalue weighted by Crippen LogP contribution is 2.37. The van der Waals surface area contributed by atoms with E-state index in [1.807, 2.05) is 11.3 Å². The molecule has 3 rings (SSSR count). The average molecular weight is 237 g/mol. The number of aromatic nitrogens is 1. The SMILES string of the molecule is CC1CCN(c2nc3c(s2)CCCC3N)C1. The predicted octanol–water partition coefficient (Wildman–Crippen LogP) is 2.33. The van der Waals surface area contributed by atoms with Crippen molar-refractivity contribution < 1.29 is 0 Å². The highest BCUT2D eigenvalue weighted by Gasteiger charge is 2.26. The van der Waals surface area contributed by atoms with E-state index in [0.717, 1.165) is 12.3 Å². The Balaban J connectivity index is 1.86. The van der Waals surface area contributed by atoms with Gasteiger partial charge in [-0.05, 0) is 31.6 Å². The van der Waals surface area contributed by atoms with E-state index in [2.05, 4.69) is 11.8 Å². The highest BCUT2D eigenvalue weighted by molar-refractivity contribution is 7.15. The molecular formula is C12H19N3S. The van der Waals surface area contributed by atoms with Crippen molar-refractivity contribution in [2.45, 2.75) is 38.6 Å². The number of rotatable bonds is 1. The molecule has 2 aliphatic rings. The molecule has 1 aromatic heterocycles. The molecule has 0 amide bonds. The van der Waals surface area contributed by atoms with Crippen LogP contribution in [0.2, 0.25) is 0 Å². The number of hydrogen-bond donors (Lipinski definition) is 1. The van der Waals surface area contributed by atoms with Gasteiger partial charge in [0.05, 0.1) is 5.69 Å². The van der Waals surface area contributed by atoms with E-state index >= 15 is 0 Å². The number of nitrogens with two attached hydrogens (primary N) is 1. The molecule has 1 aliphatic carbocycles. The molecule has 1 aromatic rings. The fraction of sp³-hybridized carbons (Fsp3) is 0.750. The van der Waals surface area contributed by atoms with Gasteiger partial charge in [0.15, 0.2) is 5.13 Å². The predicted molar refractivity (Wildman–Crippen MR) is 68.0 cm³/mol. The summed E-state index contributed by atoms with van der Waals surface area (Å²) in [4.78, 5) is 8.64. The first-order valence-electron chi connectivity index (χ1n) is 6.24. The van der Waals surface area contributed by atoms with Crippen molar-refractivity contribution in [3.05, 3.63) is 10.6 Å². The first-order chi connectivity index (χ1) is 7.74. The van der Waals surface area contributed by atoms with Crippen LogP contribution in [-0.2, 0) is 6.42 Å². The lowest BCUT2D eigenvalue weighted by molar-refractivity contribution is 0.563. The molecule has 0 spiro atoms. The van der Waals surface area contributed by atoms with Crippen molar-refractivity contribution in [1.82, 2.24) is 4.98 Å². The van der Waals surface area contributed by atoms with Gasteiger partial charge in [-0.15, -0.1) is 11.3 Å². The number of aryl methyl sites for hydroxylation is 1. The third-order valence-corrected chi connectivity index (χ3v) is 4.87. The fourth-order valence-corrected chi connectivity index (χ4v) is 3.89. The first kappa shape index (κ1) is 10.5. The molecule has 16 heavy (non-hydrogen) atoms. The second-order valence-corrected chi connectivity index (χ2v) is 6.21. The van der Waals surface area contributed by atoms with Gasteiger partial charge >= 0.3 is 0 Å². The van der Waals surface area contributed by atoms with Crippen LogP contribution in [0.1, 0.15) is 42.8 Å². The highest BCUT2D eigenvalue weighted by atomic mass is 32.1. The number of thiazole rings is 1. The number of nitrogens with zero attached hydrogens (tertiary/aromatic N) is 2.